The number of hydrogen-bond acceptors (Lipinski definition) is 1. The summed E-state index contributed by atoms with van der Waals surface area (Å²) in [5.41, 5.74) is 21.8. The van der Waals surface area contributed by atoms with E-state index in [4.69, 9.17) is 0 Å². The predicted molar refractivity (Wildman–Crippen MR) is 259 cm³/mol. The van der Waals surface area contributed by atoms with Crippen LogP contribution >= 0.6 is 0 Å². The fourth-order valence-corrected chi connectivity index (χ4v) is 9.93. The number of benzene rings is 9. The van der Waals surface area contributed by atoms with Crippen molar-refractivity contribution in [1.82, 2.24) is 4.57 Å². The molecule has 0 amide bonds. The molecule has 0 atom stereocenters. The molecular weight excluding hydrogens is 737 g/mol. The van der Waals surface area contributed by atoms with E-state index < -0.39 is 0 Å². The van der Waals surface area contributed by atoms with Crippen molar-refractivity contribution in [2.24, 2.45) is 0 Å². The van der Waals surface area contributed by atoms with Gasteiger partial charge in [0, 0.05) is 44.4 Å². The summed E-state index contributed by atoms with van der Waals surface area (Å²) in [4.78, 5) is 2.45. The van der Waals surface area contributed by atoms with E-state index in [0.29, 0.717) is 0 Å². The van der Waals surface area contributed by atoms with Crippen LogP contribution in [0.5, 0.6) is 0 Å². The summed E-state index contributed by atoms with van der Waals surface area (Å²) in [6.07, 6.45) is 0. The Balaban J connectivity index is 1.18. The third-order valence-corrected chi connectivity index (χ3v) is 12.9. The van der Waals surface area contributed by atoms with E-state index in [0.717, 1.165) is 22.6 Å². The van der Waals surface area contributed by atoms with Crippen molar-refractivity contribution in [1.29, 1.82) is 0 Å². The van der Waals surface area contributed by atoms with Crippen LogP contribution in [0, 0.1) is 13.8 Å². The maximum absolute atomic E-state index is 2.53. The molecule has 0 bridgehead atoms. The van der Waals surface area contributed by atoms with Gasteiger partial charge in [-0.25, -0.2) is 0 Å². The molecule has 9 aromatic carbocycles. The van der Waals surface area contributed by atoms with Gasteiger partial charge in [0.15, 0.2) is 0 Å². The van der Waals surface area contributed by atoms with Crippen LogP contribution in [0.15, 0.2) is 206 Å². The van der Waals surface area contributed by atoms with Crippen LogP contribution in [0.3, 0.4) is 0 Å². The Morgan fingerprint density at radius 2 is 0.885 bits per heavy atom. The van der Waals surface area contributed by atoms with Gasteiger partial charge < -0.3 is 9.47 Å². The maximum atomic E-state index is 2.53. The van der Waals surface area contributed by atoms with E-state index in [-0.39, 0.29) is 5.41 Å². The first-order chi connectivity index (χ1) is 29.8. The van der Waals surface area contributed by atoms with Crippen molar-refractivity contribution >= 4 is 38.9 Å². The van der Waals surface area contributed by atoms with Gasteiger partial charge in [-0.15, -0.1) is 0 Å². The molecule has 2 heteroatoms. The lowest BCUT2D eigenvalue weighted by Gasteiger charge is -2.28. The average molecular weight is 783 g/mol. The number of hydrogen-bond donors (Lipinski definition) is 0. The Kier molecular flexibility index (Phi) is 8.65. The van der Waals surface area contributed by atoms with E-state index >= 15 is 0 Å². The summed E-state index contributed by atoms with van der Waals surface area (Å²) in [5, 5.41) is 2.45. The van der Waals surface area contributed by atoms with E-state index in [1.54, 1.807) is 0 Å². The second-order valence-electron chi connectivity index (χ2n) is 17.1. The van der Waals surface area contributed by atoms with Crippen molar-refractivity contribution in [2.75, 3.05) is 4.90 Å². The Morgan fingerprint density at radius 3 is 1.61 bits per heavy atom. The number of anilines is 3. The van der Waals surface area contributed by atoms with Crippen molar-refractivity contribution in [2.45, 2.75) is 33.1 Å². The molecule has 1 aliphatic rings. The van der Waals surface area contributed by atoms with E-state index in [1.165, 1.54) is 88.7 Å². The monoisotopic (exact) mass is 782 g/mol. The molecule has 1 aromatic heterocycles. The largest absolute Gasteiger partial charge is 0.310 e. The normalized spacial score (nSPS) is 12.7. The molecule has 292 valence electrons. The summed E-state index contributed by atoms with van der Waals surface area (Å²) in [7, 11) is 0. The quantitative estimate of drug-likeness (QED) is 0.156. The highest BCUT2D eigenvalue weighted by Gasteiger charge is 2.36. The van der Waals surface area contributed by atoms with Gasteiger partial charge in [-0.05, 0) is 101 Å². The van der Waals surface area contributed by atoms with Gasteiger partial charge in [-0.2, -0.15) is 0 Å². The van der Waals surface area contributed by atoms with Crippen LogP contribution in [0.25, 0.3) is 72.0 Å². The summed E-state index contributed by atoms with van der Waals surface area (Å²) >= 11 is 0. The van der Waals surface area contributed by atoms with E-state index in [9.17, 15) is 0 Å². The van der Waals surface area contributed by atoms with Crippen molar-refractivity contribution in [3.63, 3.8) is 0 Å². The van der Waals surface area contributed by atoms with E-state index in [1.807, 2.05) is 0 Å². The van der Waals surface area contributed by atoms with Gasteiger partial charge in [-0.1, -0.05) is 189 Å². The Morgan fingerprint density at radius 1 is 0.361 bits per heavy atom. The first-order valence-corrected chi connectivity index (χ1v) is 21.3. The predicted octanol–water partition coefficient (Wildman–Crippen LogP) is 16.2. The van der Waals surface area contributed by atoms with Gasteiger partial charge in [0.1, 0.15) is 0 Å². The lowest BCUT2D eigenvalue weighted by Crippen LogP contribution is -2.16. The molecular formula is C59H46N2. The minimum Gasteiger partial charge on any atom is -0.310 e. The highest BCUT2D eigenvalue weighted by Crippen LogP contribution is 2.51. The van der Waals surface area contributed by atoms with Crippen LogP contribution in [0.4, 0.5) is 17.1 Å². The zero-order valence-electron chi connectivity index (χ0n) is 35.0. The smallest absolute Gasteiger partial charge is 0.0618 e. The molecule has 0 N–H and O–H groups in total. The third-order valence-electron chi connectivity index (χ3n) is 12.9. The van der Waals surface area contributed by atoms with Gasteiger partial charge in [0.05, 0.1) is 16.7 Å². The van der Waals surface area contributed by atoms with Gasteiger partial charge in [0.2, 0.25) is 0 Å². The molecule has 10 aromatic rings. The Hall–Kier alpha value is -7.42. The van der Waals surface area contributed by atoms with Gasteiger partial charge >= 0.3 is 0 Å². The van der Waals surface area contributed by atoms with Crippen LogP contribution in [0.2, 0.25) is 0 Å². The number of para-hydroxylation sites is 2. The first-order valence-electron chi connectivity index (χ1n) is 21.3. The fourth-order valence-electron chi connectivity index (χ4n) is 9.93. The molecule has 0 aliphatic heterocycles. The van der Waals surface area contributed by atoms with Crippen molar-refractivity contribution in [3.8, 4) is 50.2 Å². The molecule has 1 aliphatic carbocycles. The average Bonchev–Trinajstić information content (AvgIpc) is 3.74. The number of aromatic nitrogens is 1. The SMILES string of the molecule is Cc1cccc(-c2cccc(-c3cccc(C)c3)c2-n2c3ccccc3c3ccc(N(c4ccc(-c5ccccc5)cc4)c4ccc5c(c4)C(C)(C)c4ccccc4-5)cc32)c1. The molecule has 0 fully saturated rings. The van der Waals surface area contributed by atoms with Gasteiger partial charge in [0.25, 0.3) is 0 Å². The Labute approximate surface area is 358 Å². The molecule has 1 heterocycles. The first kappa shape index (κ1) is 36.6. The topological polar surface area (TPSA) is 8.17 Å². The summed E-state index contributed by atoms with van der Waals surface area (Å²) in [5.74, 6) is 0. The highest BCUT2D eigenvalue weighted by atomic mass is 15.1. The molecule has 0 unspecified atom stereocenters. The lowest BCUT2D eigenvalue weighted by molar-refractivity contribution is 0.660. The highest BCUT2D eigenvalue weighted by molar-refractivity contribution is 6.12. The van der Waals surface area contributed by atoms with Crippen LogP contribution in [0.1, 0.15) is 36.1 Å². The summed E-state index contributed by atoms with van der Waals surface area (Å²) in [6, 6.07) is 76.3. The zero-order chi connectivity index (χ0) is 41.2. The van der Waals surface area contributed by atoms with E-state index in [2.05, 4.69) is 243 Å². The number of fused-ring (bicyclic) bond motifs is 6. The van der Waals surface area contributed by atoms with Crippen molar-refractivity contribution in [3.05, 3.63) is 229 Å². The van der Waals surface area contributed by atoms with Gasteiger partial charge in [-0.3, -0.25) is 0 Å². The second kappa shape index (κ2) is 14.4. The molecule has 2 nitrogen and oxygen atoms in total. The molecule has 0 saturated carbocycles. The third kappa shape index (κ3) is 6.09. The molecule has 11 rings (SSSR count). The minimum atomic E-state index is -0.132. The van der Waals surface area contributed by atoms with Crippen LogP contribution < -0.4 is 4.90 Å². The van der Waals surface area contributed by atoms with Crippen molar-refractivity contribution < 1.29 is 0 Å². The van der Waals surface area contributed by atoms with Crippen LogP contribution in [-0.4, -0.2) is 4.57 Å². The summed E-state index contributed by atoms with van der Waals surface area (Å²) in [6.45, 7) is 9.09. The Bertz CT molecular complexity index is 3230. The number of aryl methyl sites for hydroxylation is 2. The number of nitrogens with zero attached hydrogens (tertiary/aromatic N) is 2. The zero-order valence-corrected chi connectivity index (χ0v) is 35.0. The lowest BCUT2D eigenvalue weighted by atomic mass is 9.82. The maximum Gasteiger partial charge on any atom is 0.0618 e. The molecule has 0 spiro atoms. The van der Waals surface area contributed by atoms with Crippen LogP contribution in [-0.2, 0) is 5.41 Å². The number of rotatable bonds is 7. The molecule has 61 heavy (non-hydrogen) atoms. The second-order valence-corrected chi connectivity index (χ2v) is 17.1. The minimum absolute atomic E-state index is 0.132. The fraction of sp³-hybridized carbons (Fsp3) is 0.0847. The molecule has 0 radical (unpaired) electrons. The summed E-state index contributed by atoms with van der Waals surface area (Å²) < 4.78 is 2.53. The standard InChI is InChI=1S/C59H46N2/c1-39-15-12-19-43(35-39)48-23-14-24-49(44-20-13-16-40(2)36-44)58(48)61-56-26-11-9-22-52(56)53-34-32-47(38-57(53)61)60(45-29-27-42(28-30-45)41-17-6-5-7-18-41)46-31-33-51-50-21-8-10-25-54(50)59(3,4)55(51)37-46/h5-38H,1-4H3. The molecule has 0 saturated heterocycles.